The van der Waals surface area contributed by atoms with E-state index in [1.54, 1.807) is 37.4 Å². The van der Waals surface area contributed by atoms with Crippen LogP contribution in [0.5, 0.6) is 0 Å². The summed E-state index contributed by atoms with van der Waals surface area (Å²) in [7, 11) is 1.60. The number of benzene rings is 1. The van der Waals surface area contributed by atoms with Crippen LogP contribution in [0.1, 0.15) is 35.3 Å². The van der Waals surface area contributed by atoms with Crippen molar-refractivity contribution in [2.45, 2.75) is 6.54 Å². The maximum atomic E-state index is 12.2. The fraction of sp³-hybridized carbons (Fsp3) is 0.316. The van der Waals surface area contributed by atoms with Gasteiger partial charge >= 0.3 is 0 Å². The summed E-state index contributed by atoms with van der Waals surface area (Å²) in [6.45, 7) is 2.12. The smallest absolute Gasteiger partial charge is 0.275 e. The van der Waals surface area contributed by atoms with Crippen molar-refractivity contribution in [3.8, 4) is 0 Å². The van der Waals surface area contributed by atoms with Crippen molar-refractivity contribution in [1.82, 2.24) is 16.1 Å². The van der Waals surface area contributed by atoms with Crippen molar-refractivity contribution >= 4 is 29.1 Å². The molecule has 0 unspecified atom stereocenters. The summed E-state index contributed by atoms with van der Waals surface area (Å²) in [6, 6.07) is 10.0. The standard InChI is InChI=1S/C19H24N4O5S/c1-27-10-11-28-9-8-21-17(24)14-4-2-13(3-5-14)12-22-18(25)15-6-7-16(29-15)19(26)23-20/h2-7H,8-12,20H2,1H3,(H,21,24)(H,22,25)(H,23,26). The Morgan fingerprint density at radius 2 is 1.59 bits per heavy atom. The van der Waals surface area contributed by atoms with Gasteiger partial charge in [-0.2, -0.15) is 0 Å². The van der Waals surface area contributed by atoms with E-state index in [0.717, 1.165) is 16.9 Å². The van der Waals surface area contributed by atoms with E-state index in [9.17, 15) is 14.4 Å². The number of rotatable bonds is 11. The maximum Gasteiger partial charge on any atom is 0.275 e. The summed E-state index contributed by atoms with van der Waals surface area (Å²) in [6.07, 6.45) is 0. The summed E-state index contributed by atoms with van der Waals surface area (Å²) < 4.78 is 10.2. The molecule has 9 nitrogen and oxygen atoms in total. The molecule has 0 aliphatic heterocycles. The second-order valence-electron chi connectivity index (χ2n) is 5.88. The highest BCUT2D eigenvalue weighted by Crippen LogP contribution is 2.16. The van der Waals surface area contributed by atoms with Gasteiger partial charge in [-0.15, -0.1) is 11.3 Å². The van der Waals surface area contributed by atoms with Crippen molar-refractivity contribution in [3.63, 3.8) is 0 Å². The van der Waals surface area contributed by atoms with Crippen molar-refractivity contribution in [2.75, 3.05) is 33.5 Å². The molecule has 2 rings (SSSR count). The maximum absolute atomic E-state index is 12.2. The first-order valence-corrected chi connectivity index (χ1v) is 9.69. The van der Waals surface area contributed by atoms with E-state index in [1.165, 1.54) is 6.07 Å². The topological polar surface area (TPSA) is 132 Å². The van der Waals surface area contributed by atoms with Gasteiger partial charge < -0.3 is 20.1 Å². The molecule has 0 fully saturated rings. The van der Waals surface area contributed by atoms with Crippen LogP contribution in [0.2, 0.25) is 0 Å². The number of methoxy groups -OCH3 is 1. The number of hydrazine groups is 1. The van der Waals surface area contributed by atoms with Gasteiger partial charge in [-0.3, -0.25) is 19.8 Å². The molecule has 29 heavy (non-hydrogen) atoms. The van der Waals surface area contributed by atoms with E-state index >= 15 is 0 Å². The van der Waals surface area contributed by atoms with Gasteiger partial charge in [0, 0.05) is 25.8 Å². The third-order valence-electron chi connectivity index (χ3n) is 3.82. The van der Waals surface area contributed by atoms with E-state index in [4.69, 9.17) is 15.3 Å². The zero-order valence-electron chi connectivity index (χ0n) is 16.0. The second-order valence-corrected chi connectivity index (χ2v) is 6.96. The Kier molecular flexibility index (Phi) is 9.25. The van der Waals surface area contributed by atoms with Gasteiger partial charge in [0.1, 0.15) is 0 Å². The minimum atomic E-state index is -0.440. The molecule has 3 amide bonds. The molecule has 10 heteroatoms. The molecule has 0 aliphatic carbocycles. The van der Waals surface area contributed by atoms with E-state index in [-0.39, 0.29) is 11.8 Å². The molecule has 2 aromatic rings. The minimum absolute atomic E-state index is 0.194. The van der Waals surface area contributed by atoms with Gasteiger partial charge in [0.15, 0.2) is 0 Å². The average molecular weight is 420 g/mol. The normalized spacial score (nSPS) is 10.4. The van der Waals surface area contributed by atoms with E-state index in [1.807, 2.05) is 5.43 Å². The first kappa shape index (κ1) is 22.5. The minimum Gasteiger partial charge on any atom is -0.382 e. The first-order valence-electron chi connectivity index (χ1n) is 8.88. The Morgan fingerprint density at radius 3 is 2.24 bits per heavy atom. The Balaban J connectivity index is 1.77. The van der Waals surface area contributed by atoms with Gasteiger partial charge in [-0.25, -0.2) is 5.84 Å². The number of nitrogens with two attached hydrogens (primary N) is 1. The third kappa shape index (κ3) is 7.27. The molecule has 1 aromatic carbocycles. The predicted octanol–water partition coefficient (Wildman–Crippen LogP) is 0.674. The summed E-state index contributed by atoms with van der Waals surface area (Å²) in [5, 5.41) is 5.54. The molecule has 0 saturated carbocycles. The number of carbonyl (C=O) groups is 3. The predicted molar refractivity (Wildman–Crippen MR) is 109 cm³/mol. The highest BCUT2D eigenvalue weighted by atomic mass is 32.1. The van der Waals surface area contributed by atoms with Gasteiger partial charge in [0.25, 0.3) is 17.7 Å². The highest BCUT2D eigenvalue weighted by Gasteiger charge is 2.13. The lowest BCUT2D eigenvalue weighted by Crippen LogP contribution is -2.29. The quantitative estimate of drug-likeness (QED) is 0.183. The summed E-state index contributed by atoms with van der Waals surface area (Å²) in [5.41, 5.74) is 3.39. The molecule has 5 N–H and O–H groups in total. The van der Waals surface area contributed by atoms with Crippen molar-refractivity contribution < 1.29 is 23.9 Å². The van der Waals surface area contributed by atoms with Crippen LogP contribution in [0.15, 0.2) is 36.4 Å². The van der Waals surface area contributed by atoms with Crippen LogP contribution in [-0.2, 0) is 16.0 Å². The van der Waals surface area contributed by atoms with Crippen LogP contribution in [0.25, 0.3) is 0 Å². The zero-order chi connectivity index (χ0) is 21.1. The largest absolute Gasteiger partial charge is 0.382 e. The van der Waals surface area contributed by atoms with Crippen LogP contribution < -0.4 is 21.9 Å². The SMILES string of the molecule is COCCOCCNC(=O)c1ccc(CNC(=O)c2ccc(C(=O)NN)s2)cc1. The van der Waals surface area contributed by atoms with E-state index in [2.05, 4.69) is 10.6 Å². The first-order chi connectivity index (χ1) is 14.0. The molecule has 0 aliphatic rings. The Bertz CT molecular complexity index is 822. The van der Waals surface area contributed by atoms with Crippen LogP contribution in [-0.4, -0.2) is 51.2 Å². The summed E-state index contributed by atoms with van der Waals surface area (Å²) >= 11 is 1.05. The van der Waals surface area contributed by atoms with Crippen LogP contribution in [0.4, 0.5) is 0 Å². The number of amides is 3. The molecular weight excluding hydrogens is 396 g/mol. The molecule has 0 spiro atoms. The number of nitrogens with one attached hydrogen (secondary N) is 3. The van der Waals surface area contributed by atoms with Crippen molar-refractivity contribution in [3.05, 3.63) is 57.3 Å². The van der Waals surface area contributed by atoms with Crippen LogP contribution >= 0.6 is 11.3 Å². The lowest BCUT2D eigenvalue weighted by Gasteiger charge is -2.08. The molecule has 1 aromatic heterocycles. The molecular formula is C19H24N4O5S. The third-order valence-corrected chi connectivity index (χ3v) is 4.90. The number of carbonyl (C=O) groups excluding carboxylic acids is 3. The zero-order valence-corrected chi connectivity index (χ0v) is 16.8. The number of thiophene rings is 1. The Morgan fingerprint density at radius 1 is 0.897 bits per heavy atom. The van der Waals surface area contributed by atoms with E-state index in [0.29, 0.717) is 48.2 Å². The van der Waals surface area contributed by atoms with Crippen LogP contribution in [0, 0.1) is 0 Å². The molecule has 0 radical (unpaired) electrons. The van der Waals surface area contributed by atoms with Gasteiger partial charge in [0.2, 0.25) is 0 Å². The molecule has 156 valence electrons. The Hall–Kier alpha value is -2.79. The number of hydrogen-bond acceptors (Lipinski definition) is 7. The Labute approximate surface area is 172 Å². The molecule has 0 bridgehead atoms. The summed E-state index contributed by atoms with van der Waals surface area (Å²) in [4.78, 5) is 36.5. The molecule has 0 saturated heterocycles. The fourth-order valence-electron chi connectivity index (χ4n) is 2.28. The lowest BCUT2D eigenvalue weighted by molar-refractivity contribution is 0.0692. The van der Waals surface area contributed by atoms with Crippen LogP contribution in [0.3, 0.4) is 0 Å². The van der Waals surface area contributed by atoms with Gasteiger partial charge in [-0.05, 0) is 29.8 Å². The number of nitrogen functional groups attached to an aromatic ring is 1. The van der Waals surface area contributed by atoms with Crippen molar-refractivity contribution in [2.24, 2.45) is 5.84 Å². The van der Waals surface area contributed by atoms with Crippen molar-refractivity contribution in [1.29, 1.82) is 0 Å². The lowest BCUT2D eigenvalue weighted by atomic mass is 10.1. The molecule has 1 heterocycles. The number of hydrogen-bond donors (Lipinski definition) is 4. The molecule has 0 atom stereocenters. The highest BCUT2D eigenvalue weighted by molar-refractivity contribution is 7.15. The number of ether oxygens (including phenoxy) is 2. The fourth-order valence-corrected chi connectivity index (χ4v) is 3.11. The summed E-state index contributed by atoms with van der Waals surface area (Å²) in [5.74, 6) is 4.15. The van der Waals surface area contributed by atoms with E-state index < -0.39 is 5.91 Å². The average Bonchev–Trinajstić information content (AvgIpc) is 3.24. The van der Waals surface area contributed by atoms with Gasteiger partial charge in [-0.1, -0.05) is 12.1 Å². The monoisotopic (exact) mass is 420 g/mol. The van der Waals surface area contributed by atoms with Gasteiger partial charge in [0.05, 0.1) is 29.6 Å². The second kappa shape index (κ2) is 11.9.